The molecule has 3 rings (SSSR count). The van der Waals surface area contributed by atoms with Crippen molar-refractivity contribution in [1.29, 1.82) is 0 Å². The van der Waals surface area contributed by atoms with Gasteiger partial charge in [0.05, 0.1) is 16.8 Å². The first-order chi connectivity index (χ1) is 14.0. The monoisotopic (exact) mass is 443 g/mol. The predicted molar refractivity (Wildman–Crippen MR) is 118 cm³/mol. The van der Waals surface area contributed by atoms with E-state index in [1.165, 1.54) is 17.6 Å². The molecule has 146 valence electrons. The van der Waals surface area contributed by atoms with Crippen LogP contribution in [0.2, 0.25) is 10.0 Å². The van der Waals surface area contributed by atoms with Crippen LogP contribution in [0.25, 0.3) is 6.08 Å². The third kappa shape index (κ3) is 6.02. The molecule has 2 N–H and O–H groups in total. The zero-order valence-electron chi connectivity index (χ0n) is 14.9. The van der Waals surface area contributed by atoms with Crippen molar-refractivity contribution < 1.29 is 9.59 Å². The Morgan fingerprint density at radius 1 is 0.966 bits per heavy atom. The Kier molecular flexibility index (Phi) is 7.19. The molecule has 0 saturated heterocycles. The molecule has 0 bridgehead atoms. The highest BCUT2D eigenvalue weighted by atomic mass is 35.5. The van der Waals surface area contributed by atoms with Crippen LogP contribution in [-0.4, -0.2) is 18.0 Å². The Morgan fingerprint density at radius 3 is 2.41 bits per heavy atom. The van der Waals surface area contributed by atoms with E-state index in [1.54, 1.807) is 54.6 Å². The molecule has 1 heterocycles. The van der Waals surface area contributed by atoms with E-state index in [4.69, 9.17) is 23.2 Å². The maximum absolute atomic E-state index is 12.6. The summed E-state index contributed by atoms with van der Waals surface area (Å²) in [7, 11) is 0. The fraction of sp³-hybridized carbons (Fsp3) is 0. The number of nitrogens with zero attached hydrogens (tertiary/aromatic N) is 1. The molecule has 0 spiro atoms. The molecule has 2 amide bonds. The van der Waals surface area contributed by atoms with Crippen LogP contribution in [0, 0.1) is 0 Å². The smallest absolute Gasteiger partial charge is 0.287 e. The predicted octanol–water partition coefficient (Wildman–Crippen LogP) is 4.98. The summed E-state index contributed by atoms with van der Waals surface area (Å²) in [5.74, 6) is -1.06. The molecule has 0 saturated carbocycles. The molecule has 0 atom stereocenters. The molecule has 3 aromatic rings. The zero-order chi connectivity index (χ0) is 20.6. The van der Waals surface area contributed by atoms with Gasteiger partial charge in [-0.15, -0.1) is 11.3 Å². The van der Waals surface area contributed by atoms with Crippen molar-refractivity contribution in [3.8, 4) is 0 Å². The molecule has 2 aromatic carbocycles. The first-order valence-corrected chi connectivity index (χ1v) is 10.1. The van der Waals surface area contributed by atoms with E-state index >= 15 is 0 Å². The number of carbonyl (C=O) groups excluding carboxylic acids is 2. The minimum atomic E-state index is -0.566. The fourth-order valence-electron chi connectivity index (χ4n) is 2.28. The molecule has 8 heteroatoms. The van der Waals surface area contributed by atoms with Gasteiger partial charge in [-0.25, -0.2) is 5.43 Å². The molecular weight excluding hydrogens is 429 g/mol. The topological polar surface area (TPSA) is 70.6 Å². The number of hydrogen-bond donors (Lipinski definition) is 2. The number of thiophene rings is 1. The summed E-state index contributed by atoms with van der Waals surface area (Å²) in [6.07, 6.45) is 3.05. The van der Waals surface area contributed by atoms with Gasteiger partial charge >= 0.3 is 0 Å². The van der Waals surface area contributed by atoms with Crippen molar-refractivity contribution in [2.24, 2.45) is 5.10 Å². The van der Waals surface area contributed by atoms with Gasteiger partial charge in [0.25, 0.3) is 11.8 Å². The molecule has 0 aliphatic heterocycles. The first kappa shape index (κ1) is 20.8. The number of carbonyl (C=O) groups is 2. The average molecular weight is 444 g/mol. The number of hydrazone groups is 1. The van der Waals surface area contributed by atoms with E-state index in [-0.39, 0.29) is 11.3 Å². The fourth-order valence-corrected chi connectivity index (χ4v) is 3.29. The van der Waals surface area contributed by atoms with Gasteiger partial charge in [-0.1, -0.05) is 53.5 Å². The largest absolute Gasteiger partial charge is 0.317 e. The number of benzene rings is 2. The zero-order valence-corrected chi connectivity index (χ0v) is 17.3. The van der Waals surface area contributed by atoms with Crippen molar-refractivity contribution in [3.05, 3.63) is 97.8 Å². The van der Waals surface area contributed by atoms with Crippen LogP contribution in [0.5, 0.6) is 0 Å². The molecule has 0 aliphatic carbocycles. The van der Waals surface area contributed by atoms with Crippen molar-refractivity contribution in [3.63, 3.8) is 0 Å². The van der Waals surface area contributed by atoms with Crippen molar-refractivity contribution in [2.45, 2.75) is 0 Å². The Hall–Kier alpha value is -2.93. The van der Waals surface area contributed by atoms with E-state index in [1.807, 2.05) is 17.5 Å². The first-order valence-electron chi connectivity index (χ1n) is 8.43. The minimum absolute atomic E-state index is 0.0469. The van der Waals surface area contributed by atoms with Gasteiger partial charge in [0.2, 0.25) is 0 Å². The summed E-state index contributed by atoms with van der Waals surface area (Å²) >= 11 is 13.4. The second kappa shape index (κ2) is 10.0. The standard InChI is InChI=1S/C21H15Cl2N3O2S/c22-15-9-7-14(8-10-15)13-24-26-21(28)19(12-16-4-3-11-29-16)25-20(27)17-5-1-2-6-18(17)23/h1-13H,(H,25,27)(H,26,28). The summed E-state index contributed by atoms with van der Waals surface area (Å²) < 4.78 is 0. The molecule has 0 radical (unpaired) electrons. The lowest BCUT2D eigenvalue weighted by molar-refractivity contribution is -0.117. The molecule has 0 unspecified atom stereocenters. The maximum Gasteiger partial charge on any atom is 0.287 e. The van der Waals surface area contributed by atoms with E-state index in [9.17, 15) is 9.59 Å². The van der Waals surface area contributed by atoms with Gasteiger partial charge in [-0.3, -0.25) is 9.59 Å². The second-order valence-corrected chi connectivity index (χ2v) is 7.58. The number of amides is 2. The summed E-state index contributed by atoms with van der Waals surface area (Å²) in [4.78, 5) is 26.0. The van der Waals surface area contributed by atoms with Gasteiger partial charge in [-0.2, -0.15) is 5.10 Å². The Bertz CT molecular complexity index is 1060. The second-order valence-electron chi connectivity index (χ2n) is 5.76. The van der Waals surface area contributed by atoms with E-state index in [0.29, 0.717) is 10.0 Å². The van der Waals surface area contributed by atoms with Gasteiger partial charge in [0, 0.05) is 9.90 Å². The van der Waals surface area contributed by atoms with Crippen LogP contribution in [-0.2, 0) is 4.79 Å². The summed E-state index contributed by atoms with van der Waals surface area (Å²) in [6.45, 7) is 0. The maximum atomic E-state index is 12.6. The minimum Gasteiger partial charge on any atom is -0.317 e. The number of halogens is 2. The SMILES string of the molecule is O=C(NN=Cc1ccc(Cl)cc1)C(=Cc1cccs1)NC(=O)c1ccccc1Cl. The van der Waals surface area contributed by atoms with E-state index < -0.39 is 11.8 Å². The number of nitrogens with one attached hydrogen (secondary N) is 2. The summed E-state index contributed by atoms with van der Waals surface area (Å²) in [5.41, 5.74) is 3.49. The van der Waals surface area contributed by atoms with Crippen LogP contribution in [0.15, 0.2) is 76.8 Å². The van der Waals surface area contributed by atoms with Crippen LogP contribution in [0.3, 0.4) is 0 Å². The lowest BCUT2D eigenvalue weighted by Crippen LogP contribution is -2.32. The molecule has 5 nitrogen and oxygen atoms in total. The molecule has 0 aliphatic rings. The van der Waals surface area contributed by atoms with Gasteiger partial charge < -0.3 is 5.32 Å². The van der Waals surface area contributed by atoms with Crippen molar-refractivity contribution >= 4 is 58.6 Å². The quantitative estimate of drug-likeness (QED) is 0.320. The van der Waals surface area contributed by atoms with Crippen LogP contribution in [0.4, 0.5) is 0 Å². The Labute approximate surface area is 181 Å². The Morgan fingerprint density at radius 2 is 1.72 bits per heavy atom. The van der Waals surface area contributed by atoms with E-state index in [2.05, 4.69) is 15.8 Å². The van der Waals surface area contributed by atoms with Crippen LogP contribution < -0.4 is 10.7 Å². The van der Waals surface area contributed by atoms with E-state index in [0.717, 1.165) is 10.4 Å². The van der Waals surface area contributed by atoms with Crippen molar-refractivity contribution in [1.82, 2.24) is 10.7 Å². The van der Waals surface area contributed by atoms with Gasteiger partial charge in [0.1, 0.15) is 5.70 Å². The molecule has 29 heavy (non-hydrogen) atoms. The third-order valence-corrected chi connectivity index (χ3v) is 5.09. The van der Waals surface area contributed by atoms with Gasteiger partial charge in [-0.05, 0) is 47.4 Å². The highest BCUT2D eigenvalue weighted by molar-refractivity contribution is 7.10. The normalized spacial score (nSPS) is 11.4. The molecule has 0 fully saturated rings. The van der Waals surface area contributed by atoms with Crippen LogP contribution >= 0.6 is 34.5 Å². The van der Waals surface area contributed by atoms with Gasteiger partial charge in [0.15, 0.2) is 0 Å². The lowest BCUT2D eigenvalue weighted by Gasteiger charge is -2.09. The number of hydrogen-bond acceptors (Lipinski definition) is 4. The molecular formula is C21H15Cl2N3O2S. The third-order valence-electron chi connectivity index (χ3n) is 3.69. The summed E-state index contributed by atoms with van der Waals surface area (Å²) in [5, 5.41) is 9.32. The number of rotatable bonds is 6. The average Bonchev–Trinajstić information content (AvgIpc) is 3.22. The lowest BCUT2D eigenvalue weighted by atomic mass is 10.2. The molecule has 1 aromatic heterocycles. The highest BCUT2D eigenvalue weighted by Gasteiger charge is 2.16. The Balaban J connectivity index is 1.76. The summed E-state index contributed by atoms with van der Waals surface area (Å²) in [6, 6.07) is 17.2. The van der Waals surface area contributed by atoms with Crippen molar-refractivity contribution in [2.75, 3.05) is 0 Å². The highest BCUT2D eigenvalue weighted by Crippen LogP contribution is 2.17. The van der Waals surface area contributed by atoms with Crippen LogP contribution in [0.1, 0.15) is 20.8 Å².